The van der Waals surface area contributed by atoms with E-state index in [2.05, 4.69) is 31.4 Å². The number of ether oxygens (including phenoxy) is 1. The van der Waals surface area contributed by atoms with E-state index in [0.29, 0.717) is 20.9 Å². The Morgan fingerprint density at radius 3 is 2.74 bits per heavy atom. The number of amides is 1. The molecule has 2 aromatic rings. The van der Waals surface area contributed by atoms with E-state index < -0.39 is 5.91 Å². The fraction of sp³-hybridized carbons (Fsp3) is 0.100. The van der Waals surface area contributed by atoms with Crippen LogP contribution in [0.25, 0.3) is 0 Å². The third kappa shape index (κ3) is 3.36. The Morgan fingerprint density at radius 2 is 2.16 bits per heavy atom. The van der Waals surface area contributed by atoms with Crippen molar-refractivity contribution < 1.29 is 9.53 Å². The predicted molar refractivity (Wildman–Crippen MR) is 78.6 cm³/mol. The zero-order valence-corrected chi connectivity index (χ0v) is 13.3. The van der Waals surface area contributed by atoms with Gasteiger partial charge in [-0.25, -0.2) is 0 Å². The van der Waals surface area contributed by atoms with Gasteiger partial charge in [-0.2, -0.15) is 0 Å². The van der Waals surface area contributed by atoms with Gasteiger partial charge in [0.1, 0.15) is 0 Å². The highest BCUT2D eigenvalue weighted by Gasteiger charge is 2.16. The number of benzene rings is 1. The normalized spacial score (nSPS) is 10.3. The van der Waals surface area contributed by atoms with Crippen molar-refractivity contribution in [2.45, 2.75) is 0 Å². The second-order valence-electron chi connectivity index (χ2n) is 3.28. The smallest absolute Gasteiger partial charge is 0.286 e. The number of rotatable bonds is 3. The van der Waals surface area contributed by atoms with Crippen LogP contribution >= 0.6 is 50.5 Å². The lowest BCUT2D eigenvalue weighted by atomic mass is 10.3. The average molecular weight is 383 g/mol. The summed E-state index contributed by atoms with van der Waals surface area (Å²) in [6, 6.07) is 3.24. The SMILES string of the molecule is COc1c(Br)cc(Cl)cc1NC(=O)c1nnc(Cl)s1. The Morgan fingerprint density at radius 1 is 1.42 bits per heavy atom. The monoisotopic (exact) mass is 381 g/mol. The number of carbonyl (C=O) groups excluding carboxylic acids is 1. The fourth-order valence-corrected chi connectivity index (χ4v) is 3.03. The van der Waals surface area contributed by atoms with E-state index in [0.717, 1.165) is 11.3 Å². The van der Waals surface area contributed by atoms with Crippen molar-refractivity contribution in [1.29, 1.82) is 0 Å². The number of halogens is 3. The van der Waals surface area contributed by atoms with E-state index in [4.69, 9.17) is 27.9 Å². The van der Waals surface area contributed by atoms with Gasteiger partial charge in [0.15, 0.2) is 5.75 Å². The van der Waals surface area contributed by atoms with Gasteiger partial charge in [-0.3, -0.25) is 4.79 Å². The molecule has 0 saturated carbocycles. The number of anilines is 1. The Bertz CT molecular complexity index is 635. The molecular formula is C10H6BrCl2N3O2S. The van der Waals surface area contributed by atoms with Crippen molar-refractivity contribution in [1.82, 2.24) is 10.2 Å². The van der Waals surface area contributed by atoms with Crippen LogP contribution in [0.3, 0.4) is 0 Å². The summed E-state index contributed by atoms with van der Waals surface area (Å²) >= 11 is 15.8. The molecule has 0 unspecified atom stereocenters. The van der Waals surface area contributed by atoms with Gasteiger partial charge in [-0.05, 0) is 39.7 Å². The molecule has 1 aromatic heterocycles. The summed E-state index contributed by atoms with van der Waals surface area (Å²) in [4.78, 5) is 11.9. The van der Waals surface area contributed by atoms with Crippen LogP contribution in [0.1, 0.15) is 9.80 Å². The molecule has 19 heavy (non-hydrogen) atoms. The summed E-state index contributed by atoms with van der Waals surface area (Å²) < 4.78 is 6.03. The molecule has 1 N–H and O–H groups in total. The summed E-state index contributed by atoms with van der Waals surface area (Å²) in [7, 11) is 1.49. The maximum atomic E-state index is 11.9. The topological polar surface area (TPSA) is 64.1 Å². The molecule has 0 atom stereocenters. The minimum atomic E-state index is -0.433. The third-order valence-electron chi connectivity index (χ3n) is 2.06. The first-order valence-corrected chi connectivity index (χ1v) is 7.21. The predicted octanol–water partition coefficient (Wildman–Crippen LogP) is 3.87. The minimum absolute atomic E-state index is 0.156. The van der Waals surface area contributed by atoms with Crippen LogP contribution in [0, 0.1) is 0 Å². The number of hydrogen-bond acceptors (Lipinski definition) is 5. The highest BCUT2D eigenvalue weighted by atomic mass is 79.9. The molecule has 5 nitrogen and oxygen atoms in total. The van der Waals surface area contributed by atoms with Crippen LogP contribution in [0.4, 0.5) is 5.69 Å². The van der Waals surface area contributed by atoms with Gasteiger partial charge < -0.3 is 10.1 Å². The van der Waals surface area contributed by atoms with E-state index in [-0.39, 0.29) is 9.47 Å². The van der Waals surface area contributed by atoms with E-state index in [9.17, 15) is 4.79 Å². The molecule has 1 amide bonds. The van der Waals surface area contributed by atoms with E-state index in [1.165, 1.54) is 7.11 Å². The molecule has 1 aromatic carbocycles. The number of methoxy groups -OCH3 is 1. The van der Waals surface area contributed by atoms with E-state index in [1.807, 2.05) is 0 Å². The molecule has 0 spiro atoms. The molecule has 100 valence electrons. The number of hydrogen-bond donors (Lipinski definition) is 1. The molecule has 0 aliphatic heterocycles. The summed E-state index contributed by atoms with van der Waals surface area (Å²) in [5.41, 5.74) is 0.429. The van der Waals surface area contributed by atoms with Crippen molar-refractivity contribution in [3.05, 3.63) is 31.1 Å². The highest BCUT2D eigenvalue weighted by Crippen LogP contribution is 2.36. The maximum absolute atomic E-state index is 11.9. The average Bonchev–Trinajstić information content (AvgIpc) is 2.75. The molecule has 0 aliphatic rings. The van der Waals surface area contributed by atoms with Crippen LogP contribution in [0.2, 0.25) is 9.49 Å². The minimum Gasteiger partial charge on any atom is -0.493 e. The van der Waals surface area contributed by atoms with Crippen LogP contribution in [-0.2, 0) is 0 Å². The number of aromatic nitrogens is 2. The van der Waals surface area contributed by atoms with Gasteiger partial charge in [0.2, 0.25) is 9.47 Å². The maximum Gasteiger partial charge on any atom is 0.286 e. The number of nitrogens with one attached hydrogen (secondary N) is 1. The van der Waals surface area contributed by atoms with Gasteiger partial charge in [0.05, 0.1) is 17.3 Å². The second kappa shape index (κ2) is 6.04. The molecule has 1 heterocycles. The highest BCUT2D eigenvalue weighted by molar-refractivity contribution is 9.10. The first-order chi connectivity index (χ1) is 9.01. The summed E-state index contributed by atoms with van der Waals surface area (Å²) in [5.74, 6) is 0.0326. The van der Waals surface area contributed by atoms with Crippen molar-refractivity contribution in [3.8, 4) is 5.75 Å². The quantitative estimate of drug-likeness (QED) is 0.875. The molecule has 0 aliphatic carbocycles. The summed E-state index contributed by atoms with van der Waals surface area (Å²) in [6.45, 7) is 0. The Labute approximate surface area is 131 Å². The third-order valence-corrected chi connectivity index (χ3v) is 3.88. The van der Waals surface area contributed by atoms with Crippen LogP contribution in [-0.4, -0.2) is 23.2 Å². The molecule has 0 saturated heterocycles. The zero-order valence-electron chi connectivity index (χ0n) is 9.41. The van der Waals surface area contributed by atoms with Gasteiger partial charge in [-0.15, -0.1) is 10.2 Å². The van der Waals surface area contributed by atoms with Gasteiger partial charge in [0.25, 0.3) is 5.91 Å². The van der Waals surface area contributed by atoms with Crippen molar-refractivity contribution >= 4 is 62.1 Å². The first-order valence-electron chi connectivity index (χ1n) is 4.84. The lowest BCUT2D eigenvalue weighted by molar-refractivity contribution is 0.102. The molecule has 2 rings (SSSR count). The Kier molecular flexibility index (Phi) is 4.62. The largest absolute Gasteiger partial charge is 0.493 e. The standard InChI is InChI=1S/C10H6BrCl2N3O2S/c1-18-7-5(11)2-4(12)3-6(7)14-8(17)9-15-16-10(13)19-9/h2-3H,1H3,(H,14,17). The van der Waals surface area contributed by atoms with E-state index in [1.54, 1.807) is 12.1 Å². The lowest BCUT2D eigenvalue weighted by Gasteiger charge is -2.11. The van der Waals surface area contributed by atoms with Crippen molar-refractivity contribution in [3.63, 3.8) is 0 Å². The van der Waals surface area contributed by atoms with Crippen LogP contribution < -0.4 is 10.1 Å². The number of carbonyl (C=O) groups is 1. The Hall–Kier alpha value is -0.890. The molecule has 0 fully saturated rings. The van der Waals surface area contributed by atoms with Crippen LogP contribution in [0.5, 0.6) is 5.75 Å². The van der Waals surface area contributed by atoms with Gasteiger partial charge in [0, 0.05) is 5.02 Å². The fourth-order valence-electron chi connectivity index (χ4n) is 1.33. The zero-order chi connectivity index (χ0) is 14.0. The first kappa shape index (κ1) is 14.5. The molecule has 0 bridgehead atoms. The summed E-state index contributed by atoms with van der Waals surface area (Å²) in [5, 5.41) is 10.5. The number of nitrogens with zero attached hydrogens (tertiary/aromatic N) is 2. The van der Waals surface area contributed by atoms with E-state index >= 15 is 0 Å². The van der Waals surface area contributed by atoms with Crippen LogP contribution in [0.15, 0.2) is 16.6 Å². The Balaban J connectivity index is 2.30. The summed E-state index contributed by atoms with van der Waals surface area (Å²) in [6.07, 6.45) is 0. The molecule has 0 radical (unpaired) electrons. The van der Waals surface area contributed by atoms with Crippen molar-refractivity contribution in [2.24, 2.45) is 0 Å². The molecule has 9 heteroatoms. The van der Waals surface area contributed by atoms with Gasteiger partial charge >= 0.3 is 0 Å². The second-order valence-corrected chi connectivity index (χ2v) is 6.13. The lowest BCUT2D eigenvalue weighted by Crippen LogP contribution is -2.12. The molecular weight excluding hydrogens is 377 g/mol. The van der Waals surface area contributed by atoms with Crippen molar-refractivity contribution in [2.75, 3.05) is 12.4 Å². The van der Waals surface area contributed by atoms with Gasteiger partial charge in [-0.1, -0.05) is 22.9 Å².